The summed E-state index contributed by atoms with van der Waals surface area (Å²) in [6.45, 7) is 3.56. The monoisotopic (exact) mass is 317 g/mol. The minimum atomic E-state index is -0.419. The first-order valence-electron chi connectivity index (χ1n) is 6.83. The number of nitrogens with one attached hydrogen (secondary N) is 1. The number of benzene rings is 2. The van der Waals surface area contributed by atoms with Gasteiger partial charge in [0.15, 0.2) is 0 Å². The molecule has 0 radical (unpaired) electrons. The Bertz CT molecular complexity index is 681. The third-order valence-corrected chi connectivity index (χ3v) is 3.06. The lowest BCUT2D eigenvalue weighted by Gasteiger charge is -2.10. The minimum absolute atomic E-state index is 0.195. The zero-order chi connectivity index (χ0) is 16.1. The molecule has 22 heavy (non-hydrogen) atoms. The van der Waals surface area contributed by atoms with Crippen molar-refractivity contribution in [3.05, 3.63) is 64.7 Å². The second-order valence-corrected chi connectivity index (χ2v) is 5.43. The molecule has 0 atom stereocenters. The number of ether oxygens (including phenoxy) is 1. The quantitative estimate of drug-likeness (QED) is 0.861. The Morgan fingerprint density at radius 3 is 2.36 bits per heavy atom. The average molecular weight is 318 g/mol. The fraction of sp³-hybridized carbons (Fsp3) is 0.176. The van der Waals surface area contributed by atoms with Gasteiger partial charge in [0.25, 0.3) is 5.91 Å². The second-order valence-electron chi connectivity index (χ2n) is 5.00. The van der Waals surface area contributed by atoms with Crippen molar-refractivity contribution in [3.8, 4) is 0 Å². The molecule has 0 saturated heterocycles. The topological polar surface area (TPSA) is 55.4 Å². The second kappa shape index (κ2) is 7.09. The van der Waals surface area contributed by atoms with Crippen LogP contribution in [0.5, 0.6) is 0 Å². The molecule has 0 saturated carbocycles. The largest absolute Gasteiger partial charge is 0.459 e. The molecule has 0 unspecified atom stereocenters. The Kier molecular flexibility index (Phi) is 5.17. The van der Waals surface area contributed by atoms with Crippen LogP contribution < -0.4 is 5.32 Å². The van der Waals surface area contributed by atoms with Gasteiger partial charge in [0.2, 0.25) is 0 Å². The van der Waals surface area contributed by atoms with E-state index in [-0.39, 0.29) is 12.0 Å². The molecule has 1 amide bonds. The highest BCUT2D eigenvalue weighted by atomic mass is 35.5. The first-order chi connectivity index (χ1) is 10.5. The van der Waals surface area contributed by atoms with Crippen LogP contribution in [0.3, 0.4) is 0 Å². The van der Waals surface area contributed by atoms with Crippen LogP contribution in [0, 0.1) is 0 Å². The van der Waals surface area contributed by atoms with E-state index in [0.29, 0.717) is 21.8 Å². The standard InChI is InChI=1S/C17H16ClNO3/c1-11(2)22-17(21)13-4-3-5-15(10-13)19-16(20)12-6-8-14(18)9-7-12/h3-11H,1-2H3,(H,19,20). The lowest BCUT2D eigenvalue weighted by Crippen LogP contribution is -2.14. The molecule has 5 heteroatoms. The number of hydrogen-bond donors (Lipinski definition) is 1. The molecule has 4 nitrogen and oxygen atoms in total. The van der Waals surface area contributed by atoms with Crippen LogP contribution in [0.25, 0.3) is 0 Å². The summed E-state index contributed by atoms with van der Waals surface area (Å²) >= 11 is 5.79. The van der Waals surface area contributed by atoms with Crippen molar-refractivity contribution in [1.29, 1.82) is 0 Å². The molecule has 2 rings (SSSR count). The summed E-state index contributed by atoms with van der Waals surface area (Å²) in [5.41, 5.74) is 1.40. The predicted octanol–water partition coefficient (Wildman–Crippen LogP) is 4.16. The van der Waals surface area contributed by atoms with E-state index in [1.54, 1.807) is 62.4 Å². The van der Waals surface area contributed by atoms with Crippen LogP contribution in [-0.4, -0.2) is 18.0 Å². The van der Waals surface area contributed by atoms with Gasteiger partial charge in [-0.3, -0.25) is 4.79 Å². The van der Waals surface area contributed by atoms with E-state index in [4.69, 9.17) is 16.3 Å². The summed E-state index contributed by atoms with van der Waals surface area (Å²) in [5, 5.41) is 3.30. The van der Waals surface area contributed by atoms with E-state index in [2.05, 4.69) is 5.32 Å². The van der Waals surface area contributed by atoms with E-state index in [1.807, 2.05) is 0 Å². The third kappa shape index (κ3) is 4.33. The highest BCUT2D eigenvalue weighted by Crippen LogP contribution is 2.15. The van der Waals surface area contributed by atoms with Crippen LogP contribution in [0.15, 0.2) is 48.5 Å². The molecule has 0 aliphatic heterocycles. The predicted molar refractivity (Wildman–Crippen MR) is 86.4 cm³/mol. The highest BCUT2D eigenvalue weighted by molar-refractivity contribution is 6.30. The van der Waals surface area contributed by atoms with Gasteiger partial charge in [-0.1, -0.05) is 17.7 Å². The van der Waals surface area contributed by atoms with Crippen LogP contribution in [0.1, 0.15) is 34.6 Å². The highest BCUT2D eigenvalue weighted by Gasteiger charge is 2.11. The number of rotatable bonds is 4. The van der Waals surface area contributed by atoms with Crippen molar-refractivity contribution >= 4 is 29.2 Å². The molecule has 2 aromatic rings. The Morgan fingerprint density at radius 1 is 1.05 bits per heavy atom. The Morgan fingerprint density at radius 2 is 1.73 bits per heavy atom. The number of hydrogen-bond acceptors (Lipinski definition) is 3. The molecule has 0 spiro atoms. The molecule has 0 bridgehead atoms. The first kappa shape index (κ1) is 16.0. The smallest absolute Gasteiger partial charge is 0.338 e. The Balaban J connectivity index is 2.11. The van der Waals surface area contributed by atoms with Gasteiger partial charge in [-0.05, 0) is 56.3 Å². The number of halogens is 1. The molecule has 2 aromatic carbocycles. The Hall–Kier alpha value is -2.33. The normalized spacial score (nSPS) is 10.4. The summed E-state index contributed by atoms with van der Waals surface area (Å²) in [6.07, 6.45) is -0.195. The SMILES string of the molecule is CC(C)OC(=O)c1cccc(NC(=O)c2ccc(Cl)cc2)c1. The molecule has 0 heterocycles. The lowest BCUT2D eigenvalue weighted by atomic mass is 10.1. The van der Waals surface area contributed by atoms with E-state index < -0.39 is 5.97 Å². The van der Waals surface area contributed by atoms with Gasteiger partial charge in [0.05, 0.1) is 11.7 Å². The molecule has 0 aromatic heterocycles. The summed E-state index contributed by atoms with van der Waals surface area (Å²) < 4.78 is 5.13. The molecular formula is C17H16ClNO3. The zero-order valence-corrected chi connectivity index (χ0v) is 13.1. The average Bonchev–Trinajstić information content (AvgIpc) is 2.47. The first-order valence-corrected chi connectivity index (χ1v) is 7.21. The fourth-order valence-electron chi connectivity index (χ4n) is 1.81. The van der Waals surface area contributed by atoms with Crippen molar-refractivity contribution < 1.29 is 14.3 Å². The van der Waals surface area contributed by atoms with Gasteiger partial charge < -0.3 is 10.1 Å². The van der Waals surface area contributed by atoms with Crippen molar-refractivity contribution in [2.45, 2.75) is 20.0 Å². The fourth-order valence-corrected chi connectivity index (χ4v) is 1.94. The van der Waals surface area contributed by atoms with Crippen molar-refractivity contribution in [2.24, 2.45) is 0 Å². The molecular weight excluding hydrogens is 302 g/mol. The van der Waals surface area contributed by atoms with Gasteiger partial charge in [0, 0.05) is 16.3 Å². The number of carbonyl (C=O) groups excluding carboxylic acids is 2. The van der Waals surface area contributed by atoms with E-state index in [0.717, 1.165) is 0 Å². The van der Waals surface area contributed by atoms with Crippen molar-refractivity contribution in [3.63, 3.8) is 0 Å². The molecule has 0 aliphatic rings. The lowest BCUT2D eigenvalue weighted by molar-refractivity contribution is 0.0378. The summed E-state index contributed by atoms with van der Waals surface area (Å²) in [7, 11) is 0. The molecule has 0 fully saturated rings. The zero-order valence-electron chi connectivity index (χ0n) is 12.3. The number of carbonyl (C=O) groups is 2. The van der Waals surface area contributed by atoms with E-state index >= 15 is 0 Å². The maximum absolute atomic E-state index is 12.1. The van der Waals surface area contributed by atoms with Gasteiger partial charge in [-0.2, -0.15) is 0 Å². The minimum Gasteiger partial charge on any atom is -0.459 e. The van der Waals surface area contributed by atoms with Crippen LogP contribution in [-0.2, 0) is 4.74 Å². The summed E-state index contributed by atoms with van der Waals surface area (Å²) in [6, 6.07) is 13.2. The summed E-state index contributed by atoms with van der Waals surface area (Å²) in [5.74, 6) is -0.691. The third-order valence-electron chi connectivity index (χ3n) is 2.81. The van der Waals surface area contributed by atoms with Gasteiger partial charge >= 0.3 is 5.97 Å². The Labute approximate surface area is 134 Å². The van der Waals surface area contributed by atoms with Gasteiger partial charge in [0.1, 0.15) is 0 Å². The molecule has 0 aliphatic carbocycles. The number of esters is 1. The maximum Gasteiger partial charge on any atom is 0.338 e. The van der Waals surface area contributed by atoms with Gasteiger partial charge in [-0.15, -0.1) is 0 Å². The number of anilines is 1. The van der Waals surface area contributed by atoms with Gasteiger partial charge in [-0.25, -0.2) is 4.79 Å². The maximum atomic E-state index is 12.1. The van der Waals surface area contributed by atoms with Crippen LogP contribution >= 0.6 is 11.6 Å². The van der Waals surface area contributed by atoms with Crippen molar-refractivity contribution in [1.82, 2.24) is 0 Å². The van der Waals surface area contributed by atoms with Crippen LogP contribution in [0.2, 0.25) is 5.02 Å². The van der Waals surface area contributed by atoms with Crippen molar-refractivity contribution in [2.75, 3.05) is 5.32 Å². The van der Waals surface area contributed by atoms with E-state index in [9.17, 15) is 9.59 Å². The summed E-state index contributed by atoms with van der Waals surface area (Å²) in [4.78, 5) is 24.0. The molecule has 1 N–H and O–H groups in total. The van der Waals surface area contributed by atoms with Crippen LogP contribution in [0.4, 0.5) is 5.69 Å². The molecule has 114 valence electrons. The van der Waals surface area contributed by atoms with E-state index in [1.165, 1.54) is 0 Å². The number of amides is 1.